The molecule has 6 heteroatoms. The summed E-state index contributed by atoms with van der Waals surface area (Å²) in [5, 5.41) is 7.40. The first-order chi connectivity index (χ1) is 12.0. The molecule has 3 rings (SSSR count). The van der Waals surface area contributed by atoms with Gasteiger partial charge in [-0.3, -0.25) is 9.48 Å². The van der Waals surface area contributed by atoms with Gasteiger partial charge in [0.25, 0.3) is 0 Å². The molecule has 1 fully saturated rings. The molecule has 0 spiro atoms. The molecule has 0 aliphatic carbocycles. The number of anilines is 1. The molecule has 1 aliphatic heterocycles. The molecule has 0 aromatic carbocycles. The summed E-state index contributed by atoms with van der Waals surface area (Å²) in [5.74, 6) is 1.11. The number of hydrogen-bond donors (Lipinski definition) is 1. The lowest BCUT2D eigenvalue weighted by molar-refractivity contribution is -0.121. The predicted molar refractivity (Wildman–Crippen MR) is 98.5 cm³/mol. The minimum Gasteiger partial charge on any atom is -0.357 e. The Labute approximate surface area is 149 Å². The second-order valence-corrected chi connectivity index (χ2v) is 6.77. The second-order valence-electron chi connectivity index (χ2n) is 6.77. The number of pyridine rings is 1. The van der Waals surface area contributed by atoms with E-state index in [4.69, 9.17) is 0 Å². The van der Waals surface area contributed by atoms with Gasteiger partial charge >= 0.3 is 0 Å². The van der Waals surface area contributed by atoms with Gasteiger partial charge in [0.1, 0.15) is 5.82 Å². The molecule has 0 bridgehead atoms. The number of amides is 1. The summed E-state index contributed by atoms with van der Waals surface area (Å²) in [4.78, 5) is 19.0. The largest absolute Gasteiger partial charge is 0.357 e. The van der Waals surface area contributed by atoms with E-state index >= 15 is 0 Å². The summed E-state index contributed by atoms with van der Waals surface area (Å²) in [6.07, 6.45) is 5.55. The molecular weight excluding hydrogens is 314 g/mol. The molecule has 3 heterocycles. The number of aryl methyl sites for hydroxylation is 3. The van der Waals surface area contributed by atoms with Crippen molar-refractivity contribution in [2.75, 3.05) is 18.0 Å². The Morgan fingerprint density at radius 2 is 2.04 bits per heavy atom. The Hall–Kier alpha value is -2.37. The van der Waals surface area contributed by atoms with Crippen LogP contribution in [0.5, 0.6) is 0 Å². The first-order valence-electron chi connectivity index (χ1n) is 9.00. The molecule has 0 saturated carbocycles. The first kappa shape index (κ1) is 17.5. The summed E-state index contributed by atoms with van der Waals surface area (Å²) in [6, 6.07) is 4.12. The molecule has 6 nitrogen and oxygen atoms in total. The van der Waals surface area contributed by atoms with E-state index in [1.165, 1.54) is 18.4 Å². The van der Waals surface area contributed by atoms with Crippen LogP contribution in [0.15, 0.2) is 18.3 Å². The molecule has 25 heavy (non-hydrogen) atoms. The first-order valence-corrected chi connectivity index (χ1v) is 9.00. The summed E-state index contributed by atoms with van der Waals surface area (Å²) >= 11 is 0. The molecule has 0 atom stereocenters. The number of nitrogens with one attached hydrogen (secondary N) is 1. The molecule has 1 amide bonds. The molecule has 1 aliphatic rings. The van der Waals surface area contributed by atoms with Gasteiger partial charge in [0.05, 0.1) is 5.69 Å². The Bertz CT molecular complexity index is 746. The van der Waals surface area contributed by atoms with Gasteiger partial charge in [0.2, 0.25) is 5.91 Å². The van der Waals surface area contributed by atoms with E-state index in [2.05, 4.69) is 26.4 Å². The third kappa shape index (κ3) is 4.18. The van der Waals surface area contributed by atoms with Crippen LogP contribution in [-0.4, -0.2) is 33.8 Å². The zero-order valence-electron chi connectivity index (χ0n) is 15.4. The highest BCUT2D eigenvalue weighted by Crippen LogP contribution is 2.19. The van der Waals surface area contributed by atoms with Gasteiger partial charge in [-0.1, -0.05) is 0 Å². The third-order valence-corrected chi connectivity index (χ3v) is 5.00. The second kappa shape index (κ2) is 7.68. The van der Waals surface area contributed by atoms with Crippen molar-refractivity contribution in [1.82, 2.24) is 20.1 Å². The van der Waals surface area contributed by atoms with Gasteiger partial charge < -0.3 is 10.2 Å². The van der Waals surface area contributed by atoms with Gasteiger partial charge in [0.15, 0.2) is 0 Å². The highest BCUT2D eigenvalue weighted by molar-refractivity contribution is 5.76. The molecule has 1 N–H and O–H groups in total. The van der Waals surface area contributed by atoms with Crippen molar-refractivity contribution in [3.05, 3.63) is 40.8 Å². The van der Waals surface area contributed by atoms with E-state index in [0.717, 1.165) is 42.3 Å². The standard InChI is InChI=1S/C19H27N5O/c1-14-17(15(2)23(3)22-14)13-21-19(25)7-6-16-8-9-20-18(12-16)24-10-4-5-11-24/h8-9,12H,4-7,10-11,13H2,1-3H3,(H,21,25). The number of carbonyl (C=O) groups excluding carboxylic acids is 1. The van der Waals surface area contributed by atoms with Crippen LogP contribution in [0.1, 0.15) is 41.8 Å². The Morgan fingerprint density at radius 1 is 1.28 bits per heavy atom. The number of hydrogen-bond acceptors (Lipinski definition) is 4. The molecule has 134 valence electrons. The Balaban J connectivity index is 1.51. The average Bonchev–Trinajstić information content (AvgIpc) is 3.22. The van der Waals surface area contributed by atoms with Crippen molar-refractivity contribution in [3.63, 3.8) is 0 Å². The van der Waals surface area contributed by atoms with Gasteiger partial charge in [0, 0.05) is 50.6 Å². The summed E-state index contributed by atoms with van der Waals surface area (Å²) in [6.45, 7) is 6.71. The maximum Gasteiger partial charge on any atom is 0.220 e. The zero-order valence-corrected chi connectivity index (χ0v) is 15.4. The monoisotopic (exact) mass is 341 g/mol. The van der Waals surface area contributed by atoms with E-state index in [1.54, 1.807) is 0 Å². The van der Waals surface area contributed by atoms with E-state index in [1.807, 2.05) is 37.8 Å². The fourth-order valence-corrected chi connectivity index (χ4v) is 3.34. The number of nitrogens with zero attached hydrogens (tertiary/aromatic N) is 4. The van der Waals surface area contributed by atoms with E-state index in [0.29, 0.717) is 13.0 Å². The van der Waals surface area contributed by atoms with Gasteiger partial charge in [-0.25, -0.2) is 4.98 Å². The highest BCUT2D eigenvalue weighted by atomic mass is 16.1. The van der Waals surface area contributed by atoms with Crippen LogP contribution in [0, 0.1) is 13.8 Å². The van der Waals surface area contributed by atoms with Gasteiger partial charge in [-0.15, -0.1) is 0 Å². The average molecular weight is 341 g/mol. The lowest BCUT2D eigenvalue weighted by Crippen LogP contribution is -2.23. The Morgan fingerprint density at radius 3 is 2.72 bits per heavy atom. The lowest BCUT2D eigenvalue weighted by atomic mass is 10.1. The maximum absolute atomic E-state index is 12.2. The fourth-order valence-electron chi connectivity index (χ4n) is 3.34. The van der Waals surface area contributed by atoms with Crippen LogP contribution in [-0.2, 0) is 24.8 Å². The quantitative estimate of drug-likeness (QED) is 0.875. The smallest absolute Gasteiger partial charge is 0.220 e. The van der Waals surface area contributed by atoms with E-state index < -0.39 is 0 Å². The summed E-state index contributed by atoms with van der Waals surface area (Å²) in [7, 11) is 1.93. The van der Waals surface area contributed by atoms with Crippen LogP contribution < -0.4 is 10.2 Å². The predicted octanol–water partition coefficient (Wildman–Crippen LogP) is 2.28. The topological polar surface area (TPSA) is 63.1 Å². The van der Waals surface area contributed by atoms with Crippen LogP contribution in [0.2, 0.25) is 0 Å². The molecule has 2 aromatic rings. The fraction of sp³-hybridized carbons (Fsp3) is 0.526. The SMILES string of the molecule is Cc1nn(C)c(C)c1CNC(=O)CCc1ccnc(N2CCCC2)c1. The van der Waals surface area contributed by atoms with Crippen molar-refractivity contribution in [2.24, 2.45) is 7.05 Å². The molecule has 1 saturated heterocycles. The molecular formula is C19H27N5O. The third-order valence-electron chi connectivity index (χ3n) is 5.00. The van der Waals surface area contributed by atoms with E-state index in [9.17, 15) is 4.79 Å². The number of carbonyl (C=O) groups is 1. The summed E-state index contributed by atoms with van der Waals surface area (Å²) < 4.78 is 1.85. The van der Waals surface area contributed by atoms with Crippen molar-refractivity contribution in [2.45, 2.75) is 46.1 Å². The van der Waals surface area contributed by atoms with Crippen LogP contribution in [0.3, 0.4) is 0 Å². The van der Waals surface area contributed by atoms with Crippen molar-refractivity contribution in [1.29, 1.82) is 0 Å². The molecule has 0 unspecified atom stereocenters. The van der Waals surface area contributed by atoms with Crippen molar-refractivity contribution in [3.8, 4) is 0 Å². The number of rotatable bonds is 6. The van der Waals surface area contributed by atoms with Crippen LogP contribution in [0.25, 0.3) is 0 Å². The van der Waals surface area contributed by atoms with Crippen LogP contribution in [0.4, 0.5) is 5.82 Å². The normalized spacial score (nSPS) is 14.1. The van der Waals surface area contributed by atoms with Crippen molar-refractivity contribution < 1.29 is 4.79 Å². The Kier molecular flexibility index (Phi) is 5.36. The highest BCUT2D eigenvalue weighted by Gasteiger charge is 2.14. The number of aromatic nitrogens is 3. The minimum atomic E-state index is 0.0715. The lowest BCUT2D eigenvalue weighted by Gasteiger charge is -2.16. The molecule has 0 radical (unpaired) electrons. The summed E-state index contributed by atoms with van der Waals surface area (Å²) in [5.41, 5.74) is 4.35. The van der Waals surface area contributed by atoms with Gasteiger partial charge in [-0.2, -0.15) is 5.10 Å². The molecule has 2 aromatic heterocycles. The van der Waals surface area contributed by atoms with E-state index in [-0.39, 0.29) is 5.91 Å². The zero-order chi connectivity index (χ0) is 17.8. The van der Waals surface area contributed by atoms with Crippen LogP contribution >= 0.6 is 0 Å². The van der Waals surface area contributed by atoms with Gasteiger partial charge in [-0.05, 0) is 50.8 Å². The maximum atomic E-state index is 12.2. The van der Waals surface area contributed by atoms with Crippen molar-refractivity contribution >= 4 is 11.7 Å². The minimum absolute atomic E-state index is 0.0715.